The first-order valence-electron chi connectivity index (χ1n) is 18.3. The monoisotopic (exact) mass is 847 g/mol. The number of hydrogen-bond acceptors (Lipinski definition) is 3. The quantitative estimate of drug-likeness (QED) is 0.118. The van der Waals surface area contributed by atoms with Gasteiger partial charge >= 0.3 is 0 Å². The van der Waals surface area contributed by atoms with Crippen molar-refractivity contribution in [3.05, 3.63) is 186 Å². The van der Waals surface area contributed by atoms with Gasteiger partial charge in [-0.2, -0.15) is 0 Å². The topological polar surface area (TPSA) is 38.9 Å². The zero-order chi connectivity index (χ0) is 37.2. The summed E-state index contributed by atoms with van der Waals surface area (Å²) in [6, 6.07) is 49.8. The van der Waals surface area contributed by atoms with Gasteiger partial charge in [-0.1, -0.05) is 127 Å². The molecule has 0 bridgehead atoms. The number of pyridine rings is 2. The molecule has 5 heteroatoms. The normalized spacial score (nSPS) is 12.9. The van der Waals surface area contributed by atoms with Crippen LogP contribution < -0.4 is 5.19 Å². The number of hydrogen-bond donors (Lipinski definition) is 0. The Morgan fingerprint density at radius 2 is 1.34 bits per heavy atom. The minimum absolute atomic E-state index is 0. The molecule has 0 spiro atoms. The molecule has 3 aromatic heterocycles. The van der Waals surface area contributed by atoms with Gasteiger partial charge in [-0.25, -0.2) is 0 Å². The fourth-order valence-electron chi connectivity index (χ4n) is 5.75. The first kappa shape index (κ1) is 29.9. The van der Waals surface area contributed by atoms with E-state index in [0.29, 0.717) is 28.0 Å². The molecule has 0 aliphatic heterocycles. The number of furan rings is 1. The summed E-state index contributed by atoms with van der Waals surface area (Å²) in [5.41, 5.74) is 7.10. The number of fused-ring (bicyclic) bond motifs is 3. The summed E-state index contributed by atoms with van der Waals surface area (Å²) >= 11 is 0. The molecule has 5 aromatic carbocycles. The minimum Gasteiger partial charge on any atom is -0.501 e. The number of aromatic nitrogens is 2. The van der Waals surface area contributed by atoms with Gasteiger partial charge in [-0.15, -0.1) is 54.1 Å². The number of nitrogens with zero attached hydrogens (tertiary/aromatic N) is 2. The molecule has 0 fully saturated rings. The molecule has 0 aliphatic rings. The fourth-order valence-corrected chi connectivity index (χ4v) is 7.14. The summed E-state index contributed by atoms with van der Waals surface area (Å²) in [5.74, 6) is 0. The van der Waals surface area contributed by atoms with Crippen LogP contribution in [-0.2, 0) is 32.9 Å². The molecule has 0 N–H and O–H groups in total. The zero-order valence-electron chi connectivity index (χ0n) is 32.1. The second-order valence-corrected chi connectivity index (χ2v) is 17.8. The minimum atomic E-state index is -1.76. The number of para-hydroxylation sites is 1. The van der Waals surface area contributed by atoms with Crippen molar-refractivity contribution in [2.75, 3.05) is 0 Å². The van der Waals surface area contributed by atoms with E-state index in [1.807, 2.05) is 121 Å². The second kappa shape index (κ2) is 15.7. The van der Waals surface area contributed by atoms with E-state index in [0.717, 1.165) is 43.9 Å². The van der Waals surface area contributed by atoms with E-state index in [1.165, 1.54) is 0 Å². The summed E-state index contributed by atoms with van der Waals surface area (Å²) < 4.78 is 41.0. The molecule has 8 rings (SSSR count). The summed E-state index contributed by atoms with van der Waals surface area (Å²) in [5, 5.41) is 3.10. The summed E-state index contributed by atoms with van der Waals surface area (Å²) in [6.45, 7) is 6.68. The van der Waals surface area contributed by atoms with Gasteiger partial charge in [0, 0.05) is 43.4 Å². The van der Waals surface area contributed by atoms with Crippen LogP contribution in [0.4, 0.5) is 0 Å². The van der Waals surface area contributed by atoms with Crippen LogP contribution in [0.15, 0.2) is 156 Å². The number of rotatable bonds is 7. The van der Waals surface area contributed by atoms with Gasteiger partial charge in [0.05, 0.1) is 13.7 Å². The van der Waals surface area contributed by atoms with Crippen LogP contribution in [0.1, 0.15) is 27.7 Å². The third kappa shape index (κ3) is 8.09. The standard InChI is InChI=1S/C24H16NO.C21H22NSi.Ir/c1-2-7-17(8-3-1)15-18-13-14-25-22(16-18)21-11-6-10-20-19-9-4-5-12-23(19)26-24(20)21;1-23(2,3)21-16-22-20(18-12-8-5-9-13-18)15-19(21)14-17-10-6-4-7-11-17;/h1-10,12-14,16H,15H2;4-12,15-16H,14H2,1-3H3;/q2*-1;/i15D2;14D2;. The van der Waals surface area contributed by atoms with E-state index in [9.17, 15) is 0 Å². The summed E-state index contributed by atoms with van der Waals surface area (Å²) in [7, 11) is -1.76. The van der Waals surface area contributed by atoms with Crippen LogP contribution in [-0.4, -0.2) is 18.0 Å². The van der Waals surface area contributed by atoms with Crippen molar-refractivity contribution in [2.24, 2.45) is 0 Å². The van der Waals surface area contributed by atoms with Gasteiger partial charge in [-0.3, -0.25) is 0 Å². The average Bonchev–Trinajstić information content (AvgIpc) is 3.58. The first-order valence-corrected chi connectivity index (χ1v) is 19.8. The van der Waals surface area contributed by atoms with Crippen molar-refractivity contribution in [1.29, 1.82) is 0 Å². The molecule has 50 heavy (non-hydrogen) atoms. The van der Waals surface area contributed by atoms with Gasteiger partial charge in [0.15, 0.2) is 0 Å². The van der Waals surface area contributed by atoms with Gasteiger partial charge in [-0.05, 0) is 58.1 Å². The molecule has 0 unspecified atom stereocenters. The Morgan fingerprint density at radius 3 is 2.06 bits per heavy atom. The molecule has 0 saturated carbocycles. The Labute approximate surface area is 315 Å². The van der Waals surface area contributed by atoms with Gasteiger partial charge < -0.3 is 14.4 Å². The fraction of sp³-hybridized carbons (Fsp3) is 0.111. The maximum Gasteiger partial charge on any atom is 0.120 e. The molecular weight excluding hydrogens is 805 g/mol. The van der Waals surface area contributed by atoms with Crippen molar-refractivity contribution in [3.8, 4) is 22.5 Å². The predicted molar refractivity (Wildman–Crippen MR) is 206 cm³/mol. The van der Waals surface area contributed by atoms with Crippen LogP contribution >= 0.6 is 0 Å². The molecule has 0 amide bonds. The maximum atomic E-state index is 8.84. The van der Waals surface area contributed by atoms with Gasteiger partial charge in [0.25, 0.3) is 0 Å². The van der Waals surface area contributed by atoms with Crippen LogP contribution in [0.2, 0.25) is 19.6 Å². The molecule has 0 saturated heterocycles. The van der Waals surface area contributed by atoms with Crippen molar-refractivity contribution in [1.82, 2.24) is 9.97 Å². The van der Waals surface area contributed by atoms with Gasteiger partial charge in [0.2, 0.25) is 0 Å². The van der Waals surface area contributed by atoms with E-state index in [-0.39, 0.29) is 20.1 Å². The van der Waals surface area contributed by atoms with Crippen LogP contribution in [0.3, 0.4) is 0 Å². The molecule has 0 aliphatic carbocycles. The van der Waals surface area contributed by atoms with Crippen molar-refractivity contribution in [3.63, 3.8) is 0 Å². The molecule has 0 atom stereocenters. The molecule has 1 radical (unpaired) electrons. The van der Waals surface area contributed by atoms with E-state index >= 15 is 0 Å². The second-order valence-electron chi connectivity index (χ2n) is 12.7. The molecule has 3 nitrogen and oxygen atoms in total. The Kier molecular flexibility index (Phi) is 9.42. The Bertz CT molecular complexity index is 2500. The van der Waals surface area contributed by atoms with E-state index < -0.39 is 20.8 Å². The third-order valence-electron chi connectivity index (χ3n) is 8.17. The van der Waals surface area contributed by atoms with Crippen LogP contribution in [0.25, 0.3) is 44.5 Å². The maximum absolute atomic E-state index is 8.84. The smallest absolute Gasteiger partial charge is 0.120 e. The Hall–Kier alpha value is -4.93. The molecule has 3 heterocycles. The predicted octanol–water partition coefficient (Wildman–Crippen LogP) is 10.7. The average molecular weight is 847 g/mol. The molecule has 249 valence electrons. The van der Waals surface area contributed by atoms with Crippen molar-refractivity contribution < 1.29 is 30.0 Å². The first-order chi connectivity index (χ1) is 25.4. The summed E-state index contributed by atoms with van der Waals surface area (Å²) in [6.07, 6.45) is 0.323. The third-order valence-corrected chi connectivity index (χ3v) is 10.2. The van der Waals surface area contributed by atoms with Crippen molar-refractivity contribution in [2.45, 2.75) is 32.4 Å². The zero-order valence-corrected chi connectivity index (χ0v) is 31.5. The Balaban J connectivity index is 0.000000182. The number of benzene rings is 5. The van der Waals surface area contributed by atoms with Crippen LogP contribution in [0.5, 0.6) is 0 Å². The SMILES string of the molecule is [2H]C([2H])(c1ccccc1)c1cc(-c2[c-]cccc2)ncc1[Si](C)(C)C.[2H]C([2H])(c1ccccc1)c1ccnc(-c2[c-]ccc3c2oc2ccccc23)c1.[Ir]. The molecule has 8 aromatic rings. The van der Waals surface area contributed by atoms with E-state index in [2.05, 4.69) is 41.7 Å². The van der Waals surface area contributed by atoms with E-state index in [4.69, 9.17) is 9.90 Å². The van der Waals surface area contributed by atoms with Crippen molar-refractivity contribution >= 4 is 35.2 Å². The van der Waals surface area contributed by atoms with Gasteiger partial charge in [0.1, 0.15) is 5.58 Å². The van der Waals surface area contributed by atoms with E-state index in [1.54, 1.807) is 30.5 Å². The summed E-state index contributed by atoms with van der Waals surface area (Å²) in [4.78, 5) is 9.10. The largest absolute Gasteiger partial charge is 0.501 e. The van der Waals surface area contributed by atoms with Crippen LogP contribution in [0, 0.1) is 12.1 Å². The Morgan fingerprint density at radius 1 is 0.640 bits per heavy atom. The molecular formula is C45H38IrN2OSi-2.